The van der Waals surface area contributed by atoms with Crippen LogP contribution in [0.15, 0.2) is 48.7 Å². The Morgan fingerprint density at radius 1 is 1.27 bits per heavy atom. The van der Waals surface area contributed by atoms with Crippen molar-refractivity contribution in [1.29, 1.82) is 0 Å². The van der Waals surface area contributed by atoms with Crippen molar-refractivity contribution in [2.45, 2.75) is 19.0 Å². The fraction of sp³-hybridized carbons (Fsp3) is 0.294. The summed E-state index contributed by atoms with van der Waals surface area (Å²) in [6.45, 7) is 2.75. The summed E-state index contributed by atoms with van der Waals surface area (Å²) in [4.78, 5) is 18.6. The van der Waals surface area contributed by atoms with Crippen molar-refractivity contribution in [3.8, 4) is 0 Å². The smallest absolute Gasteiger partial charge is 0.272 e. The van der Waals surface area contributed by atoms with Crippen LogP contribution in [-0.2, 0) is 6.54 Å². The molecule has 2 aromatic rings. The van der Waals surface area contributed by atoms with E-state index < -0.39 is 0 Å². The zero-order valence-electron chi connectivity index (χ0n) is 12.4. The number of benzene rings is 1. The van der Waals surface area contributed by atoms with Gasteiger partial charge in [0.1, 0.15) is 0 Å². The Morgan fingerprint density at radius 3 is 2.86 bits per heavy atom. The van der Waals surface area contributed by atoms with Gasteiger partial charge < -0.3 is 11.1 Å². The van der Waals surface area contributed by atoms with E-state index in [-0.39, 0.29) is 11.9 Å². The van der Waals surface area contributed by atoms with Crippen molar-refractivity contribution >= 4 is 11.6 Å². The fourth-order valence-corrected chi connectivity index (χ4v) is 2.80. The molecule has 1 unspecified atom stereocenters. The molecule has 3 N–H and O–H groups in total. The number of pyridine rings is 1. The molecule has 1 atom stereocenters. The summed E-state index contributed by atoms with van der Waals surface area (Å²) in [7, 11) is 0. The molecule has 22 heavy (non-hydrogen) atoms. The Labute approximate surface area is 130 Å². The minimum Gasteiger partial charge on any atom is -0.397 e. The van der Waals surface area contributed by atoms with Crippen molar-refractivity contribution in [2.75, 3.05) is 18.8 Å². The van der Waals surface area contributed by atoms with Crippen LogP contribution in [0.2, 0.25) is 0 Å². The lowest BCUT2D eigenvalue weighted by Gasteiger charge is -2.17. The van der Waals surface area contributed by atoms with E-state index in [2.05, 4.69) is 39.5 Å². The van der Waals surface area contributed by atoms with Crippen LogP contribution in [0.5, 0.6) is 0 Å². The first-order valence-corrected chi connectivity index (χ1v) is 7.50. The largest absolute Gasteiger partial charge is 0.397 e. The Morgan fingerprint density at radius 2 is 2.09 bits per heavy atom. The monoisotopic (exact) mass is 296 g/mol. The highest BCUT2D eigenvalue weighted by Crippen LogP contribution is 2.14. The predicted octanol–water partition coefficient (Wildman–Crippen LogP) is 1.67. The second-order valence-electron chi connectivity index (χ2n) is 5.62. The van der Waals surface area contributed by atoms with Crippen LogP contribution in [0.25, 0.3) is 0 Å². The van der Waals surface area contributed by atoms with Crippen LogP contribution < -0.4 is 11.1 Å². The number of carbonyl (C=O) groups is 1. The average Bonchev–Trinajstić information content (AvgIpc) is 2.95. The normalized spacial score (nSPS) is 18.3. The van der Waals surface area contributed by atoms with E-state index in [1.807, 2.05) is 6.07 Å². The topological polar surface area (TPSA) is 71.2 Å². The molecule has 0 spiro atoms. The number of nitrogens with zero attached hydrogens (tertiary/aromatic N) is 2. The van der Waals surface area contributed by atoms with Gasteiger partial charge in [-0.2, -0.15) is 0 Å². The molecular formula is C17H20N4O. The van der Waals surface area contributed by atoms with E-state index in [9.17, 15) is 4.79 Å². The van der Waals surface area contributed by atoms with Gasteiger partial charge in [-0.1, -0.05) is 30.3 Å². The standard InChI is InChI=1S/C17H20N4O/c18-15-7-4-9-19-16(15)17(22)20-14-8-10-21(12-14)11-13-5-2-1-3-6-13/h1-7,9,14H,8,10-12,18H2,(H,20,22). The third-order valence-corrected chi connectivity index (χ3v) is 3.91. The predicted molar refractivity (Wildman–Crippen MR) is 86.2 cm³/mol. The van der Waals surface area contributed by atoms with Gasteiger partial charge in [0.05, 0.1) is 5.69 Å². The molecule has 0 bridgehead atoms. The molecule has 114 valence electrons. The molecule has 1 fully saturated rings. The van der Waals surface area contributed by atoms with Crippen LogP contribution in [-0.4, -0.2) is 34.9 Å². The van der Waals surface area contributed by atoms with Crippen molar-refractivity contribution < 1.29 is 4.79 Å². The van der Waals surface area contributed by atoms with Crippen LogP contribution in [0.1, 0.15) is 22.5 Å². The van der Waals surface area contributed by atoms with Crippen molar-refractivity contribution in [2.24, 2.45) is 0 Å². The Kier molecular flexibility index (Phi) is 4.34. The Balaban J connectivity index is 1.55. The van der Waals surface area contributed by atoms with Crippen molar-refractivity contribution in [3.63, 3.8) is 0 Å². The first kappa shape index (κ1) is 14.5. The molecule has 1 aliphatic heterocycles. The summed E-state index contributed by atoms with van der Waals surface area (Å²) < 4.78 is 0. The minimum atomic E-state index is -0.190. The van der Waals surface area contributed by atoms with E-state index in [0.29, 0.717) is 11.4 Å². The molecule has 1 amide bonds. The zero-order valence-corrected chi connectivity index (χ0v) is 12.4. The molecule has 0 saturated carbocycles. The lowest BCUT2D eigenvalue weighted by atomic mass is 10.2. The second kappa shape index (κ2) is 6.58. The van der Waals surface area contributed by atoms with Gasteiger partial charge in [-0.3, -0.25) is 9.69 Å². The maximum Gasteiger partial charge on any atom is 0.272 e. The van der Waals surface area contributed by atoms with E-state index >= 15 is 0 Å². The molecule has 3 rings (SSSR count). The number of nitrogens with one attached hydrogen (secondary N) is 1. The van der Waals surface area contributed by atoms with E-state index in [1.165, 1.54) is 5.56 Å². The highest BCUT2D eigenvalue weighted by Gasteiger charge is 2.25. The van der Waals surface area contributed by atoms with Crippen molar-refractivity contribution in [1.82, 2.24) is 15.2 Å². The highest BCUT2D eigenvalue weighted by molar-refractivity contribution is 5.97. The summed E-state index contributed by atoms with van der Waals surface area (Å²) in [5.41, 5.74) is 7.81. The van der Waals surface area contributed by atoms with E-state index in [4.69, 9.17) is 5.73 Å². The zero-order chi connectivity index (χ0) is 15.4. The van der Waals surface area contributed by atoms with Crippen LogP contribution >= 0.6 is 0 Å². The number of carbonyl (C=O) groups excluding carboxylic acids is 1. The van der Waals surface area contributed by atoms with Gasteiger partial charge in [0.15, 0.2) is 5.69 Å². The Bertz CT molecular complexity index is 644. The number of hydrogen-bond acceptors (Lipinski definition) is 4. The summed E-state index contributed by atoms with van der Waals surface area (Å²) >= 11 is 0. The number of nitrogens with two attached hydrogens (primary N) is 1. The summed E-state index contributed by atoms with van der Waals surface area (Å²) in [6, 6.07) is 13.9. The summed E-state index contributed by atoms with van der Waals surface area (Å²) in [5.74, 6) is -0.190. The molecule has 1 saturated heterocycles. The second-order valence-corrected chi connectivity index (χ2v) is 5.62. The van der Waals surface area contributed by atoms with Crippen molar-refractivity contribution in [3.05, 3.63) is 59.9 Å². The lowest BCUT2D eigenvalue weighted by Crippen LogP contribution is -2.37. The molecule has 5 nitrogen and oxygen atoms in total. The van der Waals surface area contributed by atoms with Gasteiger partial charge in [0.2, 0.25) is 0 Å². The molecule has 1 aliphatic rings. The first-order chi connectivity index (χ1) is 10.7. The molecular weight excluding hydrogens is 276 g/mol. The third-order valence-electron chi connectivity index (χ3n) is 3.91. The van der Waals surface area contributed by atoms with Gasteiger partial charge in [-0.15, -0.1) is 0 Å². The van der Waals surface area contributed by atoms with Gasteiger partial charge in [-0.05, 0) is 24.1 Å². The SMILES string of the molecule is Nc1cccnc1C(=O)NC1CCN(Cc2ccccc2)C1. The number of amides is 1. The Hall–Kier alpha value is -2.40. The van der Waals surface area contributed by atoms with Gasteiger partial charge in [0.25, 0.3) is 5.91 Å². The number of aromatic nitrogens is 1. The van der Waals surface area contributed by atoms with Gasteiger partial charge in [0, 0.05) is 31.9 Å². The molecule has 1 aromatic carbocycles. The van der Waals surface area contributed by atoms with E-state index in [1.54, 1.807) is 18.3 Å². The number of hydrogen-bond donors (Lipinski definition) is 2. The highest BCUT2D eigenvalue weighted by atomic mass is 16.2. The number of likely N-dealkylation sites (tertiary alicyclic amines) is 1. The summed E-state index contributed by atoms with van der Waals surface area (Å²) in [5, 5.41) is 3.03. The van der Waals surface area contributed by atoms with Gasteiger partial charge in [-0.25, -0.2) is 4.98 Å². The van der Waals surface area contributed by atoms with Crippen LogP contribution in [0.3, 0.4) is 0 Å². The molecule has 2 heterocycles. The number of anilines is 1. The molecule has 0 aliphatic carbocycles. The molecule has 0 radical (unpaired) electrons. The maximum atomic E-state index is 12.2. The third kappa shape index (κ3) is 3.43. The minimum absolute atomic E-state index is 0.151. The van der Waals surface area contributed by atoms with Gasteiger partial charge >= 0.3 is 0 Å². The maximum absolute atomic E-state index is 12.2. The average molecular weight is 296 g/mol. The molecule has 1 aromatic heterocycles. The first-order valence-electron chi connectivity index (χ1n) is 7.50. The number of nitrogen functional groups attached to an aromatic ring is 1. The fourth-order valence-electron chi connectivity index (χ4n) is 2.80. The lowest BCUT2D eigenvalue weighted by molar-refractivity contribution is 0.0933. The quantitative estimate of drug-likeness (QED) is 0.900. The summed E-state index contributed by atoms with van der Waals surface area (Å²) in [6.07, 6.45) is 2.53. The van der Waals surface area contributed by atoms with Crippen LogP contribution in [0.4, 0.5) is 5.69 Å². The van der Waals surface area contributed by atoms with Crippen LogP contribution in [0, 0.1) is 0 Å². The number of rotatable bonds is 4. The van der Waals surface area contributed by atoms with E-state index in [0.717, 1.165) is 26.1 Å². The molecule has 5 heteroatoms.